The van der Waals surface area contributed by atoms with Crippen LogP contribution in [0.4, 0.5) is 4.39 Å². The molecule has 3 heteroatoms. The van der Waals surface area contributed by atoms with E-state index < -0.39 is 0 Å². The monoisotopic (exact) mass is 235 g/mol. The van der Waals surface area contributed by atoms with Gasteiger partial charge < -0.3 is 4.84 Å². The highest BCUT2D eigenvalue weighted by Gasteiger charge is 2.21. The quantitative estimate of drug-likeness (QED) is 0.781. The standard InChI is InChI=1S/C14H18FNO/c15-13-7-8-14(12-6-4-5-11(12)13)17-16-9-2-1-3-10-16/h7-8H,1-6,9-10H2. The van der Waals surface area contributed by atoms with Crippen molar-refractivity contribution in [2.45, 2.75) is 38.5 Å². The first-order valence-electron chi connectivity index (χ1n) is 6.58. The maximum Gasteiger partial charge on any atom is 0.151 e. The largest absolute Gasteiger partial charge is 0.406 e. The van der Waals surface area contributed by atoms with Gasteiger partial charge in [0.2, 0.25) is 0 Å². The zero-order chi connectivity index (χ0) is 11.7. The molecule has 0 unspecified atom stereocenters. The Morgan fingerprint density at radius 2 is 1.71 bits per heavy atom. The summed E-state index contributed by atoms with van der Waals surface area (Å²) in [5.74, 6) is 0.810. The van der Waals surface area contributed by atoms with Gasteiger partial charge >= 0.3 is 0 Å². The average Bonchev–Trinajstić information content (AvgIpc) is 2.84. The highest BCUT2D eigenvalue weighted by Crippen LogP contribution is 2.33. The molecule has 2 aliphatic rings. The Morgan fingerprint density at radius 1 is 0.941 bits per heavy atom. The van der Waals surface area contributed by atoms with Gasteiger partial charge in [0.05, 0.1) is 0 Å². The molecule has 0 amide bonds. The fraction of sp³-hybridized carbons (Fsp3) is 0.571. The lowest BCUT2D eigenvalue weighted by Gasteiger charge is -2.27. The summed E-state index contributed by atoms with van der Waals surface area (Å²) < 4.78 is 13.6. The van der Waals surface area contributed by atoms with Crippen LogP contribution in [0.15, 0.2) is 12.1 Å². The number of fused-ring (bicyclic) bond motifs is 1. The predicted molar refractivity (Wildman–Crippen MR) is 64.5 cm³/mol. The molecule has 3 rings (SSSR count). The first-order chi connectivity index (χ1) is 8.34. The van der Waals surface area contributed by atoms with E-state index in [9.17, 15) is 4.39 Å². The van der Waals surface area contributed by atoms with E-state index in [1.807, 2.05) is 5.06 Å². The topological polar surface area (TPSA) is 12.5 Å². The van der Waals surface area contributed by atoms with Crippen LogP contribution in [-0.2, 0) is 12.8 Å². The Morgan fingerprint density at radius 3 is 2.53 bits per heavy atom. The minimum atomic E-state index is -0.0662. The zero-order valence-electron chi connectivity index (χ0n) is 10.0. The third-order valence-electron chi connectivity index (χ3n) is 3.73. The first-order valence-corrected chi connectivity index (χ1v) is 6.58. The molecule has 0 atom stereocenters. The molecule has 0 spiro atoms. The zero-order valence-corrected chi connectivity index (χ0v) is 10.0. The van der Waals surface area contributed by atoms with Crippen molar-refractivity contribution in [2.24, 2.45) is 0 Å². The molecule has 17 heavy (non-hydrogen) atoms. The Balaban J connectivity index is 1.81. The normalized spacial score (nSPS) is 20.3. The molecule has 0 radical (unpaired) electrons. The number of hydrogen-bond acceptors (Lipinski definition) is 2. The van der Waals surface area contributed by atoms with Crippen molar-refractivity contribution in [3.05, 3.63) is 29.1 Å². The number of nitrogens with zero attached hydrogens (tertiary/aromatic N) is 1. The molecule has 1 aromatic carbocycles. The molecule has 0 N–H and O–H groups in total. The van der Waals surface area contributed by atoms with Crippen LogP contribution in [0.25, 0.3) is 0 Å². The van der Waals surface area contributed by atoms with Gasteiger partial charge in [0.1, 0.15) is 5.82 Å². The lowest BCUT2D eigenvalue weighted by Crippen LogP contribution is -2.33. The molecule has 0 aromatic heterocycles. The number of benzene rings is 1. The highest BCUT2D eigenvalue weighted by atomic mass is 19.1. The SMILES string of the molecule is Fc1ccc(ON2CCCCC2)c2c1CCC2. The van der Waals surface area contributed by atoms with Crippen molar-refractivity contribution in [1.82, 2.24) is 5.06 Å². The van der Waals surface area contributed by atoms with E-state index in [1.54, 1.807) is 12.1 Å². The average molecular weight is 235 g/mol. The molecule has 1 saturated heterocycles. The van der Waals surface area contributed by atoms with Gasteiger partial charge in [-0.25, -0.2) is 4.39 Å². The van der Waals surface area contributed by atoms with Crippen molar-refractivity contribution < 1.29 is 9.23 Å². The van der Waals surface area contributed by atoms with E-state index in [0.29, 0.717) is 0 Å². The van der Waals surface area contributed by atoms with Gasteiger partial charge in [-0.15, -0.1) is 5.06 Å². The fourth-order valence-electron chi connectivity index (χ4n) is 2.81. The lowest BCUT2D eigenvalue weighted by molar-refractivity contribution is -0.0727. The summed E-state index contributed by atoms with van der Waals surface area (Å²) >= 11 is 0. The number of piperidine rings is 1. The molecular formula is C14H18FNO. The van der Waals surface area contributed by atoms with Gasteiger partial charge in [0, 0.05) is 18.7 Å². The summed E-state index contributed by atoms with van der Waals surface area (Å²) in [5.41, 5.74) is 1.97. The summed E-state index contributed by atoms with van der Waals surface area (Å²) in [6, 6.07) is 3.33. The van der Waals surface area contributed by atoms with Crippen molar-refractivity contribution in [1.29, 1.82) is 0 Å². The first kappa shape index (κ1) is 11.0. The second-order valence-electron chi connectivity index (χ2n) is 4.94. The number of rotatable bonds is 2. The molecule has 92 valence electrons. The van der Waals surface area contributed by atoms with E-state index in [1.165, 1.54) is 19.3 Å². The molecule has 1 aliphatic carbocycles. The molecule has 1 fully saturated rings. The lowest BCUT2D eigenvalue weighted by atomic mass is 10.1. The van der Waals surface area contributed by atoms with Gasteiger partial charge in [-0.3, -0.25) is 0 Å². The Bertz CT molecular complexity index is 413. The summed E-state index contributed by atoms with van der Waals surface area (Å²) in [4.78, 5) is 5.92. The van der Waals surface area contributed by atoms with Crippen LogP contribution in [0.1, 0.15) is 36.8 Å². The van der Waals surface area contributed by atoms with Crippen molar-refractivity contribution in [3.8, 4) is 5.75 Å². The molecule has 0 bridgehead atoms. The van der Waals surface area contributed by atoms with E-state index in [0.717, 1.165) is 49.2 Å². The van der Waals surface area contributed by atoms with Crippen LogP contribution in [0.3, 0.4) is 0 Å². The number of hydroxylamine groups is 2. The summed E-state index contributed by atoms with van der Waals surface area (Å²) in [6.07, 6.45) is 6.55. The van der Waals surface area contributed by atoms with Crippen LogP contribution in [-0.4, -0.2) is 18.2 Å². The van der Waals surface area contributed by atoms with Crippen LogP contribution in [0.2, 0.25) is 0 Å². The Labute approximate surface area is 101 Å². The van der Waals surface area contributed by atoms with E-state index >= 15 is 0 Å². The van der Waals surface area contributed by atoms with Gasteiger partial charge in [0.15, 0.2) is 5.75 Å². The second kappa shape index (κ2) is 4.65. The molecule has 2 nitrogen and oxygen atoms in total. The predicted octanol–water partition coefficient (Wildman–Crippen LogP) is 3.09. The maximum atomic E-state index is 13.6. The smallest absolute Gasteiger partial charge is 0.151 e. The second-order valence-corrected chi connectivity index (χ2v) is 4.94. The van der Waals surface area contributed by atoms with Crippen molar-refractivity contribution >= 4 is 0 Å². The summed E-state index contributed by atoms with van der Waals surface area (Å²) in [6.45, 7) is 1.98. The fourth-order valence-corrected chi connectivity index (χ4v) is 2.81. The van der Waals surface area contributed by atoms with E-state index in [-0.39, 0.29) is 5.82 Å². The Kier molecular flexibility index (Phi) is 3.02. The van der Waals surface area contributed by atoms with Crippen LogP contribution in [0.5, 0.6) is 5.75 Å². The minimum absolute atomic E-state index is 0.0662. The molecule has 1 aliphatic heterocycles. The summed E-state index contributed by atoms with van der Waals surface area (Å²) in [5, 5.41) is 2.02. The van der Waals surface area contributed by atoms with E-state index in [2.05, 4.69) is 0 Å². The van der Waals surface area contributed by atoms with Gasteiger partial charge in [-0.1, -0.05) is 6.42 Å². The van der Waals surface area contributed by atoms with Gasteiger partial charge in [0.25, 0.3) is 0 Å². The Hall–Kier alpha value is -1.09. The molecule has 1 heterocycles. The third kappa shape index (κ3) is 2.16. The van der Waals surface area contributed by atoms with E-state index in [4.69, 9.17) is 4.84 Å². The number of halogens is 1. The molecule has 1 aromatic rings. The van der Waals surface area contributed by atoms with Crippen LogP contribution < -0.4 is 4.84 Å². The summed E-state index contributed by atoms with van der Waals surface area (Å²) in [7, 11) is 0. The third-order valence-corrected chi connectivity index (χ3v) is 3.73. The number of hydrogen-bond donors (Lipinski definition) is 0. The van der Waals surface area contributed by atoms with Crippen LogP contribution >= 0.6 is 0 Å². The van der Waals surface area contributed by atoms with Gasteiger partial charge in [-0.05, 0) is 49.8 Å². The van der Waals surface area contributed by atoms with Gasteiger partial charge in [-0.2, -0.15) is 0 Å². The molecular weight excluding hydrogens is 217 g/mol. The maximum absolute atomic E-state index is 13.6. The van der Waals surface area contributed by atoms with Crippen molar-refractivity contribution in [3.63, 3.8) is 0 Å². The highest BCUT2D eigenvalue weighted by molar-refractivity contribution is 5.43. The minimum Gasteiger partial charge on any atom is -0.406 e. The molecule has 0 saturated carbocycles. The van der Waals surface area contributed by atoms with Crippen LogP contribution in [0, 0.1) is 5.82 Å². The van der Waals surface area contributed by atoms with Crippen molar-refractivity contribution in [2.75, 3.05) is 13.1 Å².